The van der Waals surface area contributed by atoms with E-state index in [-0.39, 0.29) is 31.0 Å². The van der Waals surface area contributed by atoms with E-state index in [1.54, 1.807) is 31.2 Å². The lowest BCUT2D eigenvalue weighted by Crippen LogP contribution is -2.51. The fourth-order valence-electron chi connectivity index (χ4n) is 3.89. The molecule has 166 valence electrons. The van der Waals surface area contributed by atoms with Gasteiger partial charge in [0, 0.05) is 18.2 Å². The summed E-state index contributed by atoms with van der Waals surface area (Å²) in [5, 5.41) is 3.07. The summed E-state index contributed by atoms with van der Waals surface area (Å²) in [4.78, 5) is 27.4. The molecule has 2 aromatic rings. The number of hydrogen-bond acceptors (Lipinski definition) is 3. The number of amides is 2. The zero-order valence-corrected chi connectivity index (χ0v) is 18.3. The van der Waals surface area contributed by atoms with Crippen LogP contribution in [0.5, 0.6) is 5.75 Å². The first-order chi connectivity index (χ1) is 14.9. The third kappa shape index (κ3) is 6.54. The van der Waals surface area contributed by atoms with Crippen molar-refractivity contribution in [1.82, 2.24) is 10.2 Å². The normalized spacial score (nSPS) is 15.2. The van der Waals surface area contributed by atoms with Crippen LogP contribution >= 0.6 is 0 Å². The van der Waals surface area contributed by atoms with E-state index in [2.05, 4.69) is 5.32 Å². The first kappa shape index (κ1) is 22.8. The van der Waals surface area contributed by atoms with Crippen molar-refractivity contribution in [3.63, 3.8) is 0 Å². The number of hydrogen-bond donors (Lipinski definition) is 1. The Morgan fingerprint density at radius 3 is 2.58 bits per heavy atom. The van der Waals surface area contributed by atoms with Gasteiger partial charge in [-0.1, -0.05) is 49.6 Å². The van der Waals surface area contributed by atoms with Gasteiger partial charge in [0.2, 0.25) is 5.91 Å². The minimum atomic E-state index is -0.741. The standard InChI is InChI=1S/C25H31FN2O3/c1-18-9-8-13-22(15-18)31-17-24(29)28(16-20-10-6-7-14-23(20)26)19(2)25(30)27-21-11-4-3-5-12-21/h6-10,13-15,19,21H,3-5,11-12,16-17H2,1-2H3,(H,27,30)/t19-/m0/s1. The minimum absolute atomic E-state index is 0.00192. The van der Waals surface area contributed by atoms with Crippen molar-refractivity contribution in [2.45, 2.75) is 64.6 Å². The molecular formula is C25H31FN2O3. The predicted octanol–water partition coefficient (Wildman–Crippen LogP) is 4.38. The number of aryl methyl sites for hydroxylation is 1. The van der Waals surface area contributed by atoms with Crippen molar-refractivity contribution in [3.8, 4) is 5.75 Å². The molecule has 0 bridgehead atoms. The Hall–Kier alpha value is -2.89. The SMILES string of the molecule is Cc1cccc(OCC(=O)N(Cc2ccccc2F)[C@@H](C)C(=O)NC2CCCCC2)c1. The van der Waals surface area contributed by atoms with Gasteiger partial charge in [-0.3, -0.25) is 9.59 Å². The maximum absolute atomic E-state index is 14.3. The molecule has 6 heteroatoms. The molecule has 3 rings (SSSR count). The van der Waals surface area contributed by atoms with E-state index in [0.717, 1.165) is 31.2 Å². The van der Waals surface area contributed by atoms with Gasteiger partial charge < -0.3 is 15.0 Å². The second kappa shape index (κ2) is 10.9. The van der Waals surface area contributed by atoms with Crippen LogP contribution in [0.1, 0.15) is 50.2 Å². The summed E-state index contributed by atoms with van der Waals surface area (Å²) in [7, 11) is 0. The lowest BCUT2D eigenvalue weighted by molar-refractivity contribution is -0.142. The summed E-state index contributed by atoms with van der Waals surface area (Å²) >= 11 is 0. The summed E-state index contributed by atoms with van der Waals surface area (Å²) < 4.78 is 19.9. The summed E-state index contributed by atoms with van der Waals surface area (Å²) in [6.07, 6.45) is 5.30. The molecule has 0 unspecified atom stereocenters. The molecule has 1 atom stereocenters. The Balaban J connectivity index is 1.72. The van der Waals surface area contributed by atoms with Crippen LogP contribution in [0.25, 0.3) is 0 Å². The van der Waals surface area contributed by atoms with E-state index in [9.17, 15) is 14.0 Å². The highest BCUT2D eigenvalue weighted by Gasteiger charge is 2.29. The van der Waals surface area contributed by atoms with E-state index >= 15 is 0 Å². The van der Waals surface area contributed by atoms with Gasteiger partial charge >= 0.3 is 0 Å². The summed E-state index contributed by atoms with van der Waals surface area (Å²) in [6, 6.07) is 13.1. The summed E-state index contributed by atoms with van der Waals surface area (Å²) in [5.41, 5.74) is 1.39. The number of nitrogens with zero attached hydrogens (tertiary/aromatic N) is 1. The minimum Gasteiger partial charge on any atom is -0.484 e. The number of rotatable bonds is 8. The average molecular weight is 427 g/mol. The third-order valence-electron chi connectivity index (χ3n) is 5.77. The average Bonchev–Trinajstić information content (AvgIpc) is 2.77. The van der Waals surface area contributed by atoms with E-state index in [1.807, 2.05) is 25.1 Å². The van der Waals surface area contributed by atoms with E-state index in [4.69, 9.17) is 4.74 Å². The molecule has 1 N–H and O–H groups in total. The molecule has 2 aromatic carbocycles. The second-order valence-electron chi connectivity index (χ2n) is 8.24. The number of carbonyl (C=O) groups excluding carboxylic acids is 2. The van der Waals surface area contributed by atoms with Gasteiger partial charge in [0.05, 0.1) is 0 Å². The van der Waals surface area contributed by atoms with Crippen molar-refractivity contribution in [3.05, 3.63) is 65.5 Å². The summed E-state index contributed by atoms with van der Waals surface area (Å²) in [6.45, 7) is 3.40. The van der Waals surface area contributed by atoms with Crippen LogP contribution in [0.4, 0.5) is 4.39 Å². The molecule has 0 aromatic heterocycles. The smallest absolute Gasteiger partial charge is 0.261 e. The largest absolute Gasteiger partial charge is 0.484 e. The zero-order valence-electron chi connectivity index (χ0n) is 18.3. The summed E-state index contributed by atoms with van der Waals surface area (Å²) in [5.74, 6) is -0.401. The van der Waals surface area contributed by atoms with Crippen LogP contribution in [-0.2, 0) is 16.1 Å². The fraction of sp³-hybridized carbons (Fsp3) is 0.440. The molecule has 0 aliphatic heterocycles. The van der Waals surface area contributed by atoms with Gasteiger partial charge in [-0.25, -0.2) is 4.39 Å². The Kier molecular flexibility index (Phi) is 8.04. The first-order valence-corrected chi connectivity index (χ1v) is 11.0. The Bertz CT molecular complexity index is 896. The van der Waals surface area contributed by atoms with Gasteiger partial charge in [-0.05, 0) is 50.5 Å². The molecular weight excluding hydrogens is 395 g/mol. The van der Waals surface area contributed by atoms with Crippen LogP contribution in [0, 0.1) is 12.7 Å². The molecule has 2 amide bonds. The lowest BCUT2D eigenvalue weighted by Gasteiger charge is -2.31. The van der Waals surface area contributed by atoms with Gasteiger partial charge in [-0.2, -0.15) is 0 Å². The highest BCUT2D eigenvalue weighted by Crippen LogP contribution is 2.19. The molecule has 1 aliphatic carbocycles. The molecule has 0 heterocycles. The molecule has 0 spiro atoms. The van der Waals surface area contributed by atoms with Crippen LogP contribution in [0.3, 0.4) is 0 Å². The molecule has 0 radical (unpaired) electrons. The highest BCUT2D eigenvalue weighted by molar-refractivity contribution is 5.88. The van der Waals surface area contributed by atoms with Crippen molar-refractivity contribution in [2.75, 3.05) is 6.61 Å². The maximum Gasteiger partial charge on any atom is 0.261 e. The van der Waals surface area contributed by atoms with Crippen molar-refractivity contribution < 1.29 is 18.7 Å². The van der Waals surface area contributed by atoms with Gasteiger partial charge in [0.25, 0.3) is 5.91 Å². The topological polar surface area (TPSA) is 58.6 Å². The van der Waals surface area contributed by atoms with E-state index in [0.29, 0.717) is 11.3 Å². The van der Waals surface area contributed by atoms with E-state index < -0.39 is 11.9 Å². The molecule has 1 aliphatic rings. The number of benzene rings is 2. The number of halogens is 1. The van der Waals surface area contributed by atoms with Crippen molar-refractivity contribution in [1.29, 1.82) is 0 Å². The lowest BCUT2D eigenvalue weighted by atomic mass is 9.95. The Morgan fingerprint density at radius 2 is 1.87 bits per heavy atom. The molecule has 31 heavy (non-hydrogen) atoms. The predicted molar refractivity (Wildman–Crippen MR) is 118 cm³/mol. The van der Waals surface area contributed by atoms with Crippen LogP contribution in [0.2, 0.25) is 0 Å². The van der Waals surface area contributed by atoms with Crippen LogP contribution in [-0.4, -0.2) is 35.4 Å². The van der Waals surface area contributed by atoms with Crippen molar-refractivity contribution in [2.24, 2.45) is 0 Å². The fourth-order valence-corrected chi connectivity index (χ4v) is 3.89. The van der Waals surface area contributed by atoms with Gasteiger partial charge in [0.15, 0.2) is 6.61 Å². The Labute approximate surface area is 183 Å². The number of carbonyl (C=O) groups is 2. The van der Waals surface area contributed by atoms with Crippen LogP contribution < -0.4 is 10.1 Å². The second-order valence-corrected chi connectivity index (χ2v) is 8.24. The van der Waals surface area contributed by atoms with E-state index in [1.165, 1.54) is 17.4 Å². The highest BCUT2D eigenvalue weighted by atomic mass is 19.1. The van der Waals surface area contributed by atoms with Crippen LogP contribution in [0.15, 0.2) is 48.5 Å². The zero-order chi connectivity index (χ0) is 22.2. The van der Waals surface area contributed by atoms with Crippen molar-refractivity contribution >= 4 is 11.8 Å². The number of nitrogens with one attached hydrogen (secondary N) is 1. The Morgan fingerprint density at radius 1 is 1.13 bits per heavy atom. The quantitative estimate of drug-likeness (QED) is 0.682. The number of ether oxygens (including phenoxy) is 1. The molecule has 5 nitrogen and oxygen atoms in total. The third-order valence-corrected chi connectivity index (χ3v) is 5.77. The monoisotopic (exact) mass is 426 g/mol. The first-order valence-electron chi connectivity index (χ1n) is 11.0. The van der Waals surface area contributed by atoms with Gasteiger partial charge in [0.1, 0.15) is 17.6 Å². The molecule has 1 saturated carbocycles. The maximum atomic E-state index is 14.3. The molecule has 1 fully saturated rings. The molecule has 0 saturated heterocycles. The van der Waals surface area contributed by atoms with Gasteiger partial charge in [-0.15, -0.1) is 0 Å².